The van der Waals surface area contributed by atoms with Crippen molar-refractivity contribution in [2.45, 2.75) is 45.1 Å². The molecule has 1 saturated carbocycles. The molecule has 0 heterocycles. The number of carbonyl (C=O) groups is 1. The minimum Gasteiger partial charge on any atom is -0.481 e. The SMILES string of the molecule is CCC1CCC(CC(O)CO)(C(=O)O)C1. The maximum atomic E-state index is 11.2. The summed E-state index contributed by atoms with van der Waals surface area (Å²) in [4.78, 5) is 11.2. The fourth-order valence-corrected chi connectivity index (χ4v) is 2.57. The van der Waals surface area contributed by atoms with E-state index in [2.05, 4.69) is 6.92 Å². The Morgan fingerprint density at radius 1 is 1.60 bits per heavy atom. The van der Waals surface area contributed by atoms with Gasteiger partial charge in [-0.1, -0.05) is 13.3 Å². The molecule has 15 heavy (non-hydrogen) atoms. The van der Waals surface area contributed by atoms with E-state index in [-0.39, 0.29) is 13.0 Å². The Bertz CT molecular complexity index is 229. The number of carboxylic acids is 1. The molecule has 0 radical (unpaired) electrons. The monoisotopic (exact) mass is 216 g/mol. The second-order valence-corrected chi connectivity index (χ2v) is 4.64. The lowest BCUT2D eigenvalue weighted by molar-refractivity contribution is -0.151. The molecule has 88 valence electrons. The van der Waals surface area contributed by atoms with Crippen molar-refractivity contribution in [2.75, 3.05) is 6.61 Å². The topological polar surface area (TPSA) is 77.8 Å². The van der Waals surface area contributed by atoms with Crippen LogP contribution in [0.2, 0.25) is 0 Å². The summed E-state index contributed by atoms with van der Waals surface area (Å²) >= 11 is 0. The van der Waals surface area contributed by atoms with Gasteiger partial charge in [0.25, 0.3) is 0 Å². The maximum Gasteiger partial charge on any atom is 0.309 e. The van der Waals surface area contributed by atoms with Gasteiger partial charge in [-0.15, -0.1) is 0 Å². The van der Waals surface area contributed by atoms with Crippen molar-refractivity contribution in [3.8, 4) is 0 Å². The number of carboxylic acid groups (broad SMARTS) is 1. The normalized spacial score (nSPS) is 32.9. The van der Waals surface area contributed by atoms with Gasteiger partial charge >= 0.3 is 5.97 Å². The van der Waals surface area contributed by atoms with Gasteiger partial charge in [0.1, 0.15) is 0 Å². The number of aliphatic hydroxyl groups excluding tert-OH is 2. The summed E-state index contributed by atoms with van der Waals surface area (Å²) in [6.45, 7) is 1.71. The zero-order valence-electron chi connectivity index (χ0n) is 9.15. The fourth-order valence-electron chi connectivity index (χ4n) is 2.57. The van der Waals surface area contributed by atoms with Crippen molar-refractivity contribution >= 4 is 5.97 Å². The molecule has 1 aliphatic rings. The molecule has 0 saturated heterocycles. The lowest BCUT2D eigenvalue weighted by Crippen LogP contribution is -2.33. The van der Waals surface area contributed by atoms with Crippen LogP contribution in [0.4, 0.5) is 0 Å². The standard InChI is InChI=1S/C11H20O4/c1-2-8-3-4-11(5-8,10(14)15)6-9(13)7-12/h8-9,12-13H,2-7H2,1H3,(H,14,15). The molecule has 0 aromatic carbocycles. The van der Waals surface area contributed by atoms with Gasteiger partial charge in [-0.05, 0) is 31.6 Å². The Kier molecular flexibility index (Phi) is 4.11. The molecule has 1 fully saturated rings. The molecule has 1 rings (SSSR count). The first-order valence-corrected chi connectivity index (χ1v) is 5.56. The number of hydrogen-bond donors (Lipinski definition) is 3. The summed E-state index contributed by atoms with van der Waals surface area (Å²) in [6, 6.07) is 0. The highest BCUT2D eigenvalue weighted by atomic mass is 16.4. The van der Waals surface area contributed by atoms with Crippen LogP contribution in [0.15, 0.2) is 0 Å². The predicted octanol–water partition coefficient (Wildman–Crippen LogP) is 1.01. The second-order valence-electron chi connectivity index (χ2n) is 4.64. The van der Waals surface area contributed by atoms with Crippen LogP contribution in [0.5, 0.6) is 0 Å². The molecule has 0 aromatic rings. The van der Waals surface area contributed by atoms with Crippen molar-refractivity contribution in [3.63, 3.8) is 0 Å². The number of aliphatic carboxylic acids is 1. The molecule has 0 amide bonds. The van der Waals surface area contributed by atoms with Gasteiger partial charge in [0.15, 0.2) is 0 Å². The third-order valence-electron chi connectivity index (χ3n) is 3.58. The largest absolute Gasteiger partial charge is 0.481 e. The van der Waals surface area contributed by atoms with Gasteiger partial charge in [0.2, 0.25) is 0 Å². The lowest BCUT2D eigenvalue weighted by Gasteiger charge is -2.26. The third kappa shape index (κ3) is 2.69. The molecule has 0 spiro atoms. The van der Waals surface area contributed by atoms with Crippen molar-refractivity contribution < 1.29 is 20.1 Å². The highest BCUT2D eigenvalue weighted by Gasteiger charge is 2.45. The molecule has 3 atom stereocenters. The number of hydrogen-bond acceptors (Lipinski definition) is 3. The maximum absolute atomic E-state index is 11.2. The summed E-state index contributed by atoms with van der Waals surface area (Å²) in [5, 5.41) is 27.4. The Balaban J connectivity index is 2.69. The van der Waals surface area contributed by atoms with Gasteiger partial charge in [-0.25, -0.2) is 0 Å². The van der Waals surface area contributed by atoms with E-state index in [1.807, 2.05) is 0 Å². The highest BCUT2D eigenvalue weighted by Crippen LogP contribution is 2.46. The zero-order chi connectivity index (χ0) is 11.5. The molecular formula is C11H20O4. The van der Waals surface area contributed by atoms with E-state index in [9.17, 15) is 15.0 Å². The quantitative estimate of drug-likeness (QED) is 0.641. The van der Waals surface area contributed by atoms with Crippen molar-refractivity contribution in [1.82, 2.24) is 0 Å². The minimum atomic E-state index is -0.906. The van der Waals surface area contributed by atoms with Gasteiger partial charge in [-0.3, -0.25) is 4.79 Å². The molecule has 4 nitrogen and oxygen atoms in total. The first-order valence-electron chi connectivity index (χ1n) is 5.56. The summed E-state index contributed by atoms with van der Waals surface area (Å²) in [7, 11) is 0. The van der Waals surface area contributed by atoms with Gasteiger partial charge in [0.05, 0.1) is 18.1 Å². The van der Waals surface area contributed by atoms with Crippen molar-refractivity contribution in [3.05, 3.63) is 0 Å². The molecule has 1 aliphatic carbocycles. The second kappa shape index (κ2) is 4.94. The molecule has 3 unspecified atom stereocenters. The molecule has 0 bridgehead atoms. The number of aliphatic hydroxyl groups is 2. The average molecular weight is 216 g/mol. The van der Waals surface area contributed by atoms with E-state index < -0.39 is 17.5 Å². The van der Waals surface area contributed by atoms with Crippen LogP contribution >= 0.6 is 0 Å². The smallest absolute Gasteiger partial charge is 0.309 e. The van der Waals surface area contributed by atoms with Crippen molar-refractivity contribution in [2.24, 2.45) is 11.3 Å². The fraction of sp³-hybridized carbons (Fsp3) is 0.909. The van der Waals surface area contributed by atoms with Crippen molar-refractivity contribution in [1.29, 1.82) is 0 Å². The van der Waals surface area contributed by atoms with Crippen LogP contribution in [0.25, 0.3) is 0 Å². The van der Waals surface area contributed by atoms with E-state index in [1.54, 1.807) is 0 Å². The molecule has 4 heteroatoms. The van der Waals surface area contributed by atoms with E-state index in [4.69, 9.17) is 5.11 Å². The molecule has 3 N–H and O–H groups in total. The Hall–Kier alpha value is -0.610. The first-order chi connectivity index (χ1) is 7.04. The highest BCUT2D eigenvalue weighted by molar-refractivity contribution is 5.75. The van der Waals surface area contributed by atoms with Gasteiger partial charge in [-0.2, -0.15) is 0 Å². The van der Waals surface area contributed by atoms with E-state index in [1.165, 1.54) is 0 Å². The summed E-state index contributed by atoms with van der Waals surface area (Å²) < 4.78 is 0. The summed E-state index contributed by atoms with van der Waals surface area (Å²) in [5.41, 5.74) is -0.803. The zero-order valence-corrected chi connectivity index (χ0v) is 9.15. The van der Waals surface area contributed by atoms with Gasteiger partial charge in [0, 0.05) is 0 Å². The van der Waals surface area contributed by atoms with Crippen LogP contribution < -0.4 is 0 Å². The molecule has 0 aromatic heterocycles. The van der Waals surface area contributed by atoms with Crippen LogP contribution in [-0.4, -0.2) is 34.0 Å². The van der Waals surface area contributed by atoms with Gasteiger partial charge < -0.3 is 15.3 Å². The lowest BCUT2D eigenvalue weighted by atomic mass is 9.80. The third-order valence-corrected chi connectivity index (χ3v) is 3.58. The summed E-state index contributed by atoms with van der Waals surface area (Å²) in [6.07, 6.45) is 2.44. The molecular weight excluding hydrogens is 196 g/mol. The van der Waals surface area contributed by atoms with Crippen LogP contribution in [0.1, 0.15) is 39.0 Å². The van der Waals surface area contributed by atoms with E-state index in [0.29, 0.717) is 18.8 Å². The van der Waals surface area contributed by atoms with E-state index >= 15 is 0 Å². The molecule has 0 aliphatic heterocycles. The van der Waals surface area contributed by atoms with E-state index in [0.717, 1.165) is 12.8 Å². The number of rotatable bonds is 5. The predicted molar refractivity (Wildman–Crippen MR) is 55.4 cm³/mol. The minimum absolute atomic E-state index is 0.176. The van der Waals surface area contributed by atoms with Crippen LogP contribution in [0.3, 0.4) is 0 Å². The first kappa shape index (κ1) is 12.5. The average Bonchev–Trinajstić information content (AvgIpc) is 2.62. The Morgan fingerprint density at radius 2 is 2.27 bits per heavy atom. The summed E-state index contributed by atoms with van der Waals surface area (Å²) in [5.74, 6) is -0.377. The Morgan fingerprint density at radius 3 is 2.67 bits per heavy atom. The van der Waals surface area contributed by atoms with Crippen LogP contribution in [0, 0.1) is 11.3 Å². The van der Waals surface area contributed by atoms with Crippen LogP contribution in [-0.2, 0) is 4.79 Å². The Labute approximate surface area is 89.9 Å².